The monoisotopic (exact) mass is 551 g/mol. The Balaban J connectivity index is 1.16. The molecule has 2 heterocycles. The van der Waals surface area contributed by atoms with Gasteiger partial charge in [0.05, 0.1) is 17.4 Å². The van der Waals surface area contributed by atoms with Crippen LogP contribution in [0, 0.1) is 24.6 Å². The summed E-state index contributed by atoms with van der Waals surface area (Å²) in [4.78, 5) is 15.9. The van der Waals surface area contributed by atoms with Crippen molar-refractivity contribution in [2.24, 2.45) is 11.8 Å². The minimum atomic E-state index is -2.96. The summed E-state index contributed by atoms with van der Waals surface area (Å²) in [6, 6.07) is 14.3. The topological polar surface area (TPSA) is 103 Å². The summed E-state index contributed by atoms with van der Waals surface area (Å²) in [6.45, 7) is 3.67. The van der Waals surface area contributed by atoms with Crippen molar-refractivity contribution < 1.29 is 32.2 Å². The van der Waals surface area contributed by atoms with E-state index in [1.807, 2.05) is 31.2 Å². The maximum atomic E-state index is 14.9. The van der Waals surface area contributed by atoms with Crippen LogP contribution in [0.3, 0.4) is 0 Å². The van der Waals surface area contributed by atoms with E-state index < -0.39 is 21.9 Å². The van der Waals surface area contributed by atoms with E-state index in [1.165, 1.54) is 6.07 Å². The molecular weight excluding hydrogens is 521 g/mol. The Bertz CT molecular complexity index is 1560. The standard InChI is InChI=1S/C30H30FNO6S/c1-16-22(6-8-27(32-16)38-20-9-11-39(35,36)12-10-20)18-3-7-26(31)24(14-18)17(2)37-21-4-5-23-19(13-21)15-25-28(23)29(25)30(33)34/h3-8,13-14,17,20,25,28-29H,9-12,15H2,1-2H3,(H,33,34). The third-order valence-electron chi connectivity index (χ3n) is 8.29. The first-order valence-corrected chi connectivity index (χ1v) is 15.1. The number of carboxylic acid groups (broad SMARTS) is 1. The van der Waals surface area contributed by atoms with Gasteiger partial charge in [0.2, 0.25) is 5.88 Å². The number of nitrogens with zero attached hydrogens (tertiary/aromatic N) is 1. The maximum absolute atomic E-state index is 14.9. The van der Waals surface area contributed by atoms with Crippen LogP contribution in [0.2, 0.25) is 0 Å². The van der Waals surface area contributed by atoms with Crippen LogP contribution in [0.5, 0.6) is 11.6 Å². The number of aliphatic carboxylic acids is 1. The summed E-state index contributed by atoms with van der Waals surface area (Å²) in [5.41, 5.74) is 4.98. The summed E-state index contributed by atoms with van der Waals surface area (Å²) in [5, 5.41) is 9.34. The van der Waals surface area contributed by atoms with Crippen molar-refractivity contribution in [2.45, 2.75) is 51.2 Å². The van der Waals surface area contributed by atoms with Crippen molar-refractivity contribution >= 4 is 15.8 Å². The lowest BCUT2D eigenvalue weighted by atomic mass is 9.99. The molecule has 6 rings (SSSR count). The van der Waals surface area contributed by atoms with Crippen LogP contribution in [-0.2, 0) is 21.1 Å². The van der Waals surface area contributed by atoms with E-state index in [1.54, 1.807) is 25.1 Å². The molecule has 7 nitrogen and oxygen atoms in total. The zero-order chi connectivity index (χ0) is 27.5. The van der Waals surface area contributed by atoms with Crippen molar-refractivity contribution in [3.05, 3.63) is 76.7 Å². The van der Waals surface area contributed by atoms with Gasteiger partial charge in [0.15, 0.2) is 9.84 Å². The molecule has 0 radical (unpaired) electrons. The van der Waals surface area contributed by atoms with Crippen molar-refractivity contribution in [3.63, 3.8) is 0 Å². The fourth-order valence-corrected chi connectivity index (χ4v) is 7.60. The molecule has 0 spiro atoms. The van der Waals surface area contributed by atoms with E-state index >= 15 is 0 Å². The summed E-state index contributed by atoms with van der Waals surface area (Å²) in [5.74, 6) is 0.250. The molecule has 1 N–H and O–H groups in total. The molecule has 1 aromatic heterocycles. The molecule has 9 heteroatoms. The van der Waals surface area contributed by atoms with E-state index in [9.17, 15) is 22.7 Å². The smallest absolute Gasteiger partial charge is 0.307 e. The SMILES string of the molecule is Cc1nc(OC2CCS(=O)(=O)CC2)ccc1-c1ccc(F)c(C(C)Oc2ccc3c(c2)CC2C(C(=O)O)C32)c1. The summed E-state index contributed by atoms with van der Waals surface area (Å²) in [7, 11) is -2.96. The molecule has 39 heavy (non-hydrogen) atoms. The average molecular weight is 552 g/mol. The van der Waals surface area contributed by atoms with E-state index in [2.05, 4.69) is 4.98 Å². The second-order valence-electron chi connectivity index (χ2n) is 10.9. The van der Waals surface area contributed by atoms with Crippen LogP contribution in [0.1, 0.15) is 54.2 Å². The fourth-order valence-electron chi connectivity index (χ4n) is 6.16. The minimum Gasteiger partial charge on any atom is -0.486 e. The third-order valence-corrected chi connectivity index (χ3v) is 10.0. The first-order chi connectivity index (χ1) is 18.6. The number of carbonyl (C=O) groups is 1. The minimum absolute atomic E-state index is 0.102. The second-order valence-corrected chi connectivity index (χ2v) is 13.2. The van der Waals surface area contributed by atoms with Crippen LogP contribution in [-0.4, -0.2) is 42.1 Å². The summed E-state index contributed by atoms with van der Waals surface area (Å²) in [6.07, 6.45) is 0.920. The van der Waals surface area contributed by atoms with E-state index in [0.717, 1.165) is 34.4 Å². The Morgan fingerprint density at radius 1 is 1.10 bits per heavy atom. The van der Waals surface area contributed by atoms with Gasteiger partial charge in [0, 0.05) is 28.8 Å². The number of halogens is 1. The maximum Gasteiger partial charge on any atom is 0.307 e. The Morgan fingerprint density at radius 3 is 2.59 bits per heavy atom. The molecule has 3 aliphatic rings. The van der Waals surface area contributed by atoms with Gasteiger partial charge >= 0.3 is 5.97 Å². The molecule has 4 unspecified atom stereocenters. The highest BCUT2D eigenvalue weighted by atomic mass is 32.2. The molecule has 1 saturated carbocycles. The van der Waals surface area contributed by atoms with Gasteiger partial charge < -0.3 is 14.6 Å². The van der Waals surface area contributed by atoms with Crippen LogP contribution in [0.25, 0.3) is 11.1 Å². The number of sulfone groups is 1. The molecule has 204 valence electrons. The van der Waals surface area contributed by atoms with Gasteiger partial charge in [-0.1, -0.05) is 12.1 Å². The predicted octanol–water partition coefficient (Wildman–Crippen LogP) is 5.26. The number of fused-ring (bicyclic) bond motifs is 3. The highest BCUT2D eigenvalue weighted by Gasteiger charge is 2.59. The van der Waals surface area contributed by atoms with Crippen molar-refractivity contribution in [3.8, 4) is 22.8 Å². The highest BCUT2D eigenvalue weighted by molar-refractivity contribution is 7.91. The first kappa shape index (κ1) is 25.8. The summed E-state index contributed by atoms with van der Waals surface area (Å²) >= 11 is 0. The molecule has 2 fully saturated rings. The lowest BCUT2D eigenvalue weighted by Crippen LogP contribution is -2.30. The van der Waals surface area contributed by atoms with Gasteiger partial charge in [-0.2, -0.15) is 0 Å². The van der Waals surface area contributed by atoms with Crippen LogP contribution in [0.4, 0.5) is 4.39 Å². The lowest BCUT2D eigenvalue weighted by molar-refractivity contribution is -0.139. The van der Waals surface area contributed by atoms with Crippen LogP contribution >= 0.6 is 0 Å². The second kappa shape index (κ2) is 9.62. The number of rotatable bonds is 7. The first-order valence-electron chi connectivity index (χ1n) is 13.3. The Labute approximate surface area is 226 Å². The van der Waals surface area contributed by atoms with Crippen molar-refractivity contribution in [1.82, 2.24) is 4.98 Å². The fraction of sp³-hybridized carbons (Fsp3) is 0.400. The number of aryl methyl sites for hydroxylation is 1. The molecule has 2 aliphatic carbocycles. The molecule has 3 aromatic rings. The molecular formula is C30H30FNO6S. The Hall–Kier alpha value is -3.46. The molecule has 1 aliphatic heterocycles. The van der Waals surface area contributed by atoms with Gasteiger partial charge in [-0.15, -0.1) is 0 Å². The summed E-state index contributed by atoms with van der Waals surface area (Å²) < 4.78 is 50.3. The van der Waals surface area contributed by atoms with Gasteiger partial charge in [-0.05, 0) is 86.1 Å². The van der Waals surface area contributed by atoms with E-state index in [-0.39, 0.29) is 41.2 Å². The molecule has 0 amide bonds. The molecule has 2 aromatic carbocycles. The van der Waals surface area contributed by atoms with Gasteiger partial charge in [-0.25, -0.2) is 17.8 Å². The number of pyridine rings is 1. The lowest BCUT2D eigenvalue weighted by Gasteiger charge is -2.23. The average Bonchev–Trinajstić information content (AvgIpc) is 3.48. The predicted molar refractivity (Wildman–Crippen MR) is 143 cm³/mol. The molecule has 0 bridgehead atoms. The number of hydrogen-bond donors (Lipinski definition) is 1. The van der Waals surface area contributed by atoms with Crippen molar-refractivity contribution in [1.29, 1.82) is 0 Å². The van der Waals surface area contributed by atoms with E-state index in [4.69, 9.17) is 9.47 Å². The number of ether oxygens (including phenoxy) is 2. The Kier molecular flexibility index (Phi) is 6.37. The van der Waals surface area contributed by atoms with Crippen LogP contribution in [0.15, 0.2) is 48.5 Å². The number of aromatic nitrogens is 1. The molecule has 1 saturated heterocycles. The van der Waals surface area contributed by atoms with Gasteiger partial charge in [0.25, 0.3) is 0 Å². The largest absolute Gasteiger partial charge is 0.486 e. The number of hydrogen-bond acceptors (Lipinski definition) is 6. The molecule has 4 atom stereocenters. The van der Waals surface area contributed by atoms with Crippen LogP contribution < -0.4 is 9.47 Å². The quantitative estimate of drug-likeness (QED) is 0.427. The highest BCUT2D eigenvalue weighted by Crippen LogP contribution is 2.61. The number of benzene rings is 2. The normalized spacial score (nSPS) is 23.9. The number of carboxylic acids is 1. The van der Waals surface area contributed by atoms with Gasteiger partial charge in [-0.3, -0.25) is 4.79 Å². The zero-order valence-electron chi connectivity index (χ0n) is 21.8. The van der Waals surface area contributed by atoms with Crippen molar-refractivity contribution in [2.75, 3.05) is 11.5 Å². The Morgan fingerprint density at radius 2 is 1.87 bits per heavy atom. The third kappa shape index (κ3) is 5.00. The van der Waals surface area contributed by atoms with E-state index in [0.29, 0.717) is 30.0 Å². The van der Waals surface area contributed by atoms with Gasteiger partial charge in [0.1, 0.15) is 23.8 Å². The zero-order valence-corrected chi connectivity index (χ0v) is 22.6.